The lowest BCUT2D eigenvalue weighted by molar-refractivity contribution is 0.473. The Morgan fingerprint density at radius 2 is 1.20 bits per heavy atom. The number of H-pyrrole nitrogens is 1. The molecule has 0 saturated carbocycles. The van der Waals surface area contributed by atoms with Crippen molar-refractivity contribution < 1.29 is 0 Å². The molecule has 5 heteroatoms. The number of nitrogens with one attached hydrogen (secondary N) is 1. The van der Waals surface area contributed by atoms with E-state index in [0.717, 1.165) is 22.2 Å². The van der Waals surface area contributed by atoms with Crippen molar-refractivity contribution in [1.29, 1.82) is 0 Å². The number of aromatic amines is 1. The zero-order valence-corrected chi connectivity index (χ0v) is 18.2. The van der Waals surface area contributed by atoms with Crippen molar-refractivity contribution >= 4 is 33.5 Å². The SMILES string of the molecule is O=c1[nH]ccc2c1c(I)nn2C(c1ccccc1)(c1ccccc1)c1ccccc1. The highest BCUT2D eigenvalue weighted by Gasteiger charge is 2.40. The van der Waals surface area contributed by atoms with Crippen LogP contribution in [0.15, 0.2) is 108 Å². The number of halogens is 1. The second-order valence-electron chi connectivity index (χ2n) is 7.08. The Morgan fingerprint density at radius 3 is 1.67 bits per heavy atom. The molecular formula is C25H18IN3O. The molecule has 3 aromatic carbocycles. The van der Waals surface area contributed by atoms with Crippen molar-refractivity contribution in [3.63, 3.8) is 0 Å². The molecule has 4 nitrogen and oxygen atoms in total. The fourth-order valence-electron chi connectivity index (χ4n) is 4.20. The van der Waals surface area contributed by atoms with Crippen LogP contribution in [0.1, 0.15) is 16.7 Å². The Morgan fingerprint density at radius 1 is 0.733 bits per heavy atom. The molecule has 0 radical (unpaired) electrons. The van der Waals surface area contributed by atoms with Crippen molar-refractivity contribution in [2.24, 2.45) is 0 Å². The van der Waals surface area contributed by atoms with E-state index >= 15 is 0 Å². The molecule has 30 heavy (non-hydrogen) atoms. The summed E-state index contributed by atoms with van der Waals surface area (Å²) in [7, 11) is 0. The predicted octanol–water partition coefficient (Wildman–Crippen LogP) is 5.17. The van der Waals surface area contributed by atoms with Gasteiger partial charge in [0.2, 0.25) is 0 Å². The Kier molecular flexibility index (Phi) is 4.75. The zero-order chi connectivity index (χ0) is 20.6. The van der Waals surface area contributed by atoms with Crippen LogP contribution in [0.4, 0.5) is 0 Å². The van der Waals surface area contributed by atoms with Gasteiger partial charge in [-0.2, -0.15) is 5.10 Å². The van der Waals surface area contributed by atoms with Gasteiger partial charge in [0.15, 0.2) is 0 Å². The number of fused-ring (bicyclic) bond motifs is 1. The summed E-state index contributed by atoms with van der Waals surface area (Å²) in [6.07, 6.45) is 1.69. The maximum Gasteiger partial charge on any atom is 0.260 e. The van der Waals surface area contributed by atoms with Crippen LogP contribution in [0, 0.1) is 3.70 Å². The van der Waals surface area contributed by atoms with Gasteiger partial charge in [0, 0.05) is 6.20 Å². The molecule has 2 heterocycles. The molecule has 0 unspecified atom stereocenters. The number of nitrogens with zero attached hydrogens (tertiary/aromatic N) is 2. The fraction of sp³-hybridized carbons (Fsp3) is 0.0400. The van der Waals surface area contributed by atoms with Crippen molar-refractivity contribution in [2.75, 3.05) is 0 Å². The van der Waals surface area contributed by atoms with Crippen LogP contribution in [0.5, 0.6) is 0 Å². The van der Waals surface area contributed by atoms with E-state index in [0.29, 0.717) is 9.09 Å². The van der Waals surface area contributed by atoms with E-state index in [1.165, 1.54) is 0 Å². The molecule has 1 N–H and O–H groups in total. The summed E-state index contributed by atoms with van der Waals surface area (Å²) in [5.41, 5.74) is 3.14. The largest absolute Gasteiger partial charge is 0.328 e. The van der Waals surface area contributed by atoms with Gasteiger partial charge in [-0.25, -0.2) is 4.68 Å². The van der Waals surface area contributed by atoms with Gasteiger partial charge in [-0.15, -0.1) is 0 Å². The van der Waals surface area contributed by atoms with Crippen molar-refractivity contribution in [3.05, 3.63) is 134 Å². The molecule has 0 fully saturated rings. The van der Waals surface area contributed by atoms with E-state index in [9.17, 15) is 4.79 Å². The Labute approximate surface area is 187 Å². The summed E-state index contributed by atoms with van der Waals surface area (Å²) in [5, 5.41) is 5.54. The van der Waals surface area contributed by atoms with E-state index in [2.05, 4.69) is 64.0 Å². The number of hydrogen-bond acceptors (Lipinski definition) is 2. The Bertz CT molecular complexity index is 1260. The molecule has 0 spiro atoms. The Hall–Kier alpha value is -3.19. The highest BCUT2D eigenvalue weighted by molar-refractivity contribution is 14.1. The molecular weight excluding hydrogens is 485 g/mol. The molecule has 5 rings (SSSR count). The maximum atomic E-state index is 12.6. The summed E-state index contributed by atoms with van der Waals surface area (Å²) in [5.74, 6) is 0. The third-order valence-corrected chi connectivity index (χ3v) is 6.21. The average Bonchev–Trinajstić information content (AvgIpc) is 3.15. The molecule has 0 saturated heterocycles. The smallest absolute Gasteiger partial charge is 0.260 e. The number of pyridine rings is 1. The summed E-state index contributed by atoms with van der Waals surface area (Å²) in [6, 6.07) is 32.9. The van der Waals surface area contributed by atoms with E-state index in [4.69, 9.17) is 5.10 Å². The molecule has 0 bridgehead atoms. The fourth-order valence-corrected chi connectivity index (χ4v) is 4.93. The van der Waals surface area contributed by atoms with Crippen LogP contribution in [-0.2, 0) is 5.54 Å². The number of hydrogen-bond donors (Lipinski definition) is 1. The standard InChI is InChI=1S/C25H18IN3O/c26-23-22-21(16-17-27-24(22)30)29(28-23)25(18-10-4-1-5-11-18,19-12-6-2-7-13-19)20-14-8-3-9-15-20/h1-17H,(H,27,30). The summed E-state index contributed by atoms with van der Waals surface area (Å²) in [4.78, 5) is 15.4. The first kappa shape index (κ1) is 18.8. The van der Waals surface area contributed by atoms with E-state index in [-0.39, 0.29) is 5.56 Å². The van der Waals surface area contributed by atoms with Crippen LogP contribution in [0.2, 0.25) is 0 Å². The average molecular weight is 503 g/mol. The van der Waals surface area contributed by atoms with Gasteiger partial charge in [-0.3, -0.25) is 4.79 Å². The molecule has 0 aliphatic rings. The number of aromatic nitrogens is 3. The summed E-state index contributed by atoms with van der Waals surface area (Å²) in [6.45, 7) is 0. The normalized spacial score (nSPS) is 11.6. The lowest BCUT2D eigenvalue weighted by Crippen LogP contribution is -2.38. The molecule has 146 valence electrons. The van der Waals surface area contributed by atoms with Crippen LogP contribution in [-0.4, -0.2) is 14.8 Å². The lowest BCUT2D eigenvalue weighted by Gasteiger charge is -2.36. The highest BCUT2D eigenvalue weighted by atomic mass is 127. The molecule has 0 atom stereocenters. The summed E-state index contributed by atoms with van der Waals surface area (Å²) >= 11 is 2.15. The quantitative estimate of drug-likeness (QED) is 0.272. The number of rotatable bonds is 4. The zero-order valence-electron chi connectivity index (χ0n) is 16.0. The van der Waals surface area contributed by atoms with E-state index in [1.807, 2.05) is 65.3 Å². The van der Waals surface area contributed by atoms with Gasteiger partial charge in [0.1, 0.15) is 9.24 Å². The van der Waals surface area contributed by atoms with Crippen LogP contribution in [0.25, 0.3) is 10.9 Å². The first-order valence-corrected chi connectivity index (χ1v) is 10.7. The van der Waals surface area contributed by atoms with Crippen LogP contribution < -0.4 is 5.56 Å². The van der Waals surface area contributed by atoms with Gasteiger partial charge in [0.25, 0.3) is 5.56 Å². The third-order valence-electron chi connectivity index (χ3n) is 5.45. The minimum absolute atomic E-state index is 0.133. The molecule has 0 aliphatic carbocycles. The summed E-state index contributed by atoms with van der Waals surface area (Å²) < 4.78 is 2.68. The first-order valence-electron chi connectivity index (χ1n) is 9.66. The minimum atomic E-state index is -0.737. The number of benzene rings is 3. The van der Waals surface area contributed by atoms with Gasteiger partial charge in [-0.1, -0.05) is 91.0 Å². The topological polar surface area (TPSA) is 50.7 Å². The molecule has 2 aromatic heterocycles. The van der Waals surface area contributed by atoms with Crippen molar-refractivity contribution in [1.82, 2.24) is 14.8 Å². The van der Waals surface area contributed by atoms with Gasteiger partial charge >= 0.3 is 0 Å². The van der Waals surface area contributed by atoms with Gasteiger partial charge in [0.05, 0.1) is 10.9 Å². The highest BCUT2D eigenvalue weighted by Crippen LogP contribution is 2.42. The van der Waals surface area contributed by atoms with Crippen molar-refractivity contribution in [2.45, 2.75) is 5.54 Å². The van der Waals surface area contributed by atoms with Crippen molar-refractivity contribution in [3.8, 4) is 0 Å². The molecule has 0 amide bonds. The predicted molar refractivity (Wildman–Crippen MR) is 128 cm³/mol. The van der Waals surface area contributed by atoms with E-state index in [1.54, 1.807) is 6.20 Å². The van der Waals surface area contributed by atoms with Gasteiger partial charge in [-0.05, 0) is 45.3 Å². The second-order valence-corrected chi connectivity index (χ2v) is 8.10. The second kappa shape index (κ2) is 7.57. The van der Waals surface area contributed by atoms with Crippen LogP contribution >= 0.6 is 22.6 Å². The maximum absolute atomic E-state index is 12.6. The van der Waals surface area contributed by atoms with Gasteiger partial charge < -0.3 is 4.98 Å². The Balaban J connectivity index is 2.01. The third kappa shape index (κ3) is 2.81. The minimum Gasteiger partial charge on any atom is -0.328 e. The van der Waals surface area contributed by atoms with E-state index < -0.39 is 5.54 Å². The van der Waals surface area contributed by atoms with Crippen LogP contribution in [0.3, 0.4) is 0 Å². The lowest BCUT2D eigenvalue weighted by atomic mass is 9.77. The molecule has 0 aliphatic heterocycles. The first-order chi connectivity index (χ1) is 14.7. The monoisotopic (exact) mass is 503 g/mol. The molecule has 5 aromatic rings.